The van der Waals surface area contributed by atoms with E-state index in [1.54, 1.807) is 6.92 Å². The number of hydrogen-bond donors (Lipinski definition) is 0. The van der Waals surface area contributed by atoms with Crippen molar-refractivity contribution in [1.82, 2.24) is 4.90 Å². The number of nitrogens with zero attached hydrogens (tertiary/aromatic N) is 1. The topological polar surface area (TPSA) is 72.9 Å². The molecule has 0 N–H and O–H groups in total. The van der Waals surface area contributed by atoms with Crippen LogP contribution in [-0.4, -0.2) is 35.5 Å². The molecule has 1 fully saturated rings. The zero-order valence-corrected chi connectivity index (χ0v) is 19.0. The summed E-state index contributed by atoms with van der Waals surface area (Å²) in [5.74, 6) is -1.68. The van der Waals surface area contributed by atoms with E-state index in [1.807, 2.05) is 91.0 Å². The van der Waals surface area contributed by atoms with Gasteiger partial charge in [-0.25, -0.2) is 9.69 Å². The Balaban J connectivity index is 1.43. The molecule has 1 saturated heterocycles. The van der Waals surface area contributed by atoms with Crippen LogP contribution in [0.25, 0.3) is 0 Å². The standard InChI is InChI=1S/C28H27NO5/c1-20(27(31)29-24(19-33-28(29)32)18-21-11-5-2-6-12-21)17-25(30)34-26(22-13-7-3-8-14-22)23-15-9-4-10-16-23/h2-16,20,24,26H,17-19H2,1H3/t20-,24+/m0/s1. The smallest absolute Gasteiger partial charge is 0.416 e. The first kappa shape index (κ1) is 23.2. The van der Waals surface area contributed by atoms with Gasteiger partial charge in [0.15, 0.2) is 6.10 Å². The first-order valence-corrected chi connectivity index (χ1v) is 11.4. The summed E-state index contributed by atoms with van der Waals surface area (Å²) >= 11 is 0. The van der Waals surface area contributed by atoms with Crippen molar-refractivity contribution in [2.45, 2.75) is 31.9 Å². The Labute approximate surface area is 199 Å². The van der Waals surface area contributed by atoms with Crippen LogP contribution < -0.4 is 0 Å². The second-order valence-electron chi connectivity index (χ2n) is 8.43. The molecule has 2 amide bonds. The van der Waals surface area contributed by atoms with Crippen LogP contribution in [0.4, 0.5) is 4.79 Å². The summed E-state index contributed by atoms with van der Waals surface area (Å²) < 4.78 is 11.0. The van der Waals surface area contributed by atoms with Crippen LogP contribution in [0.3, 0.4) is 0 Å². The van der Waals surface area contributed by atoms with Gasteiger partial charge in [-0.3, -0.25) is 9.59 Å². The molecule has 0 unspecified atom stereocenters. The lowest BCUT2D eigenvalue weighted by Crippen LogP contribution is -2.43. The van der Waals surface area contributed by atoms with Crippen molar-refractivity contribution < 1.29 is 23.9 Å². The van der Waals surface area contributed by atoms with Crippen LogP contribution in [0.1, 0.15) is 36.1 Å². The molecule has 3 aromatic carbocycles. The van der Waals surface area contributed by atoms with E-state index in [2.05, 4.69) is 0 Å². The average Bonchev–Trinajstić information content (AvgIpc) is 3.23. The Kier molecular flexibility index (Phi) is 7.38. The molecule has 1 heterocycles. The zero-order chi connectivity index (χ0) is 23.9. The van der Waals surface area contributed by atoms with Gasteiger partial charge in [-0.1, -0.05) is 97.9 Å². The van der Waals surface area contributed by atoms with E-state index in [1.165, 1.54) is 0 Å². The summed E-state index contributed by atoms with van der Waals surface area (Å²) in [4.78, 5) is 39.5. The van der Waals surface area contributed by atoms with Gasteiger partial charge in [0.25, 0.3) is 0 Å². The highest BCUT2D eigenvalue weighted by Crippen LogP contribution is 2.27. The molecule has 0 aliphatic carbocycles. The normalized spacial score (nSPS) is 16.2. The van der Waals surface area contributed by atoms with Crippen LogP contribution >= 0.6 is 0 Å². The van der Waals surface area contributed by atoms with Gasteiger partial charge >= 0.3 is 12.1 Å². The molecule has 0 saturated carbocycles. The number of esters is 1. The van der Waals surface area contributed by atoms with Crippen LogP contribution in [0.15, 0.2) is 91.0 Å². The molecule has 0 bridgehead atoms. The summed E-state index contributed by atoms with van der Waals surface area (Å²) in [6.07, 6.45) is -0.895. The molecule has 1 aliphatic heterocycles. The lowest BCUT2D eigenvalue weighted by atomic mass is 10.0. The largest absolute Gasteiger partial charge is 0.453 e. The van der Waals surface area contributed by atoms with Crippen LogP contribution in [-0.2, 0) is 25.5 Å². The number of benzene rings is 3. The van der Waals surface area contributed by atoms with Crippen LogP contribution in [0, 0.1) is 5.92 Å². The summed E-state index contributed by atoms with van der Waals surface area (Å²) in [6.45, 7) is 1.77. The quantitative estimate of drug-likeness (QED) is 0.448. The van der Waals surface area contributed by atoms with Crippen molar-refractivity contribution >= 4 is 18.0 Å². The third-order valence-corrected chi connectivity index (χ3v) is 5.86. The van der Waals surface area contributed by atoms with Gasteiger partial charge < -0.3 is 9.47 Å². The molecule has 0 aromatic heterocycles. The number of ether oxygens (including phenoxy) is 2. The highest BCUT2D eigenvalue weighted by Gasteiger charge is 2.40. The number of hydrogen-bond acceptors (Lipinski definition) is 5. The predicted molar refractivity (Wildman–Crippen MR) is 127 cm³/mol. The molecule has 2 atom stereocenters. The van der Waals surface area contributed by atoms with Crippen molar-refractivity contribution in [2.75, 3.05) is 6.61 Å². The number of carbonyl (C=O) groups is 3. The first-order valence-electron chi connectivity index (χ1n) is 11.4. The Hall–Kier alpha value is -3.93. The molecule has 1 aliphatic rings. The van der Waals surface area contributed by atoms with Gasteiger partial charge in [-0.15, -0.1) is 0 Å². The van der Waals surface area contributed by atoms with Crippen LogP contribution in [0.2, 0.25) is 0 Å². The number of rotatable bonds is 8. The second kappa shape index (κ2) is 10.8. The lowest BCUT2D eigenvalue weighted by molar-refractivity contribution is -0.151. The van der Waals surface area contributed by atoms with Gasteiger partial charge in [-0.05, 0) is 23.1 Å². The van der Waals surface area contributed by atoms with E-state index >= 15 is 0 Å². The van der Waals surface area contributed by atoms with Crippen molar-refractivity contribution in [1.29, 1.82) is 0 Å². The first-order chi connectivity index (χ1) is 16.5. The zero-order valence-electron chi connectivity index (χ0n) is 19.0. The maximum Gasteiger partial charge on any atom is 0.416 e. The molecule has 4 rings (SSSR count). The minimum atomic E-state index is -0.733. The van der Waals surface area contributed by atoms with Crippen LogP contribution in [0.5, 0.6) is 0 Å². The van der Waals surface area contributed by atoms with Crippen molar-refractivity contribution in [3.05, 3.63) is 108 Å². The van der Waals surface area contributed by atoms with E-state index in [9.17, 15) is 14.4 Å². The van der Waals surface area contributed by atoms with Gasteiger partial charge in [-0.2, -0.15) is 0 Å². The highest BCUT2D eigenvalue weighted by molar-refractivity contribution is 5.96. The lowest BCUT2D eigenvalue weighted by Gasteiger charge is -2.24. The van der Waals surface area contributed by atoms with Gasteiger partial charge in [0.1, 0.15) is 6.61 Å². The maximum atomic E-state index is 13.1. The Morgan fingerprint density at radius 1 is 0.912 bits per heavy atom. The minimum absolute atomic E-state index is 0.140. The Morgan fingerprint density at radius 3 is 2.00 bits per heavy atom. The monoisotopic (exact) mass is 457 g/mol. The van der Waals surface area contributed by atoms with E-state index in [0.29, 0.717) is 6.42 Å². The molecular formula is C28H27NO5. The highest BCUT2D eigenvalue weighted by atomic mass is 16.6. The third kappa shape index (κ3) is 5.52. The molecule has 6 heteroatoms. The molecular weight excluding hydrogens is 430 g/mol. The summed E-state index contributed by atoms with van der Waals surface area (Å²) in [7, 11) is 0. The maximum absolute atomic E-state index is 13.1. The predicted octanol–water partition coefficient (Wildman–Crippen LogP) is 4.94. The SMILES string of the molecule is C[C@@H](CC(=O)OC(c1ccccc1)c1ccccc1)C(=O)N1C(=O)OC[C@H]1Cc1ccccc1. The fourth-order valence-electron chi connectivity index (χ4n) is 4.11. The van der Waals surface area contributed by atoms with Gasteiger partial charge in [0.05, 0.1) is 12.5 Å². The number of amides is 2. The van der Waals surface area contributed by atoms with Crippen molar-refractivity contribution in [2.24, 2.45) is 5.92 Å². The third-order valence-electron chi connectivity index (χ3n) is 5.86. The summed E-state index contributed by atoms with van der Waals surface area (Å²) in [5, 5.41) is 0. The van der Waals surface area contributed by atoms with E-state index < -0.39 is 36.0 Å². The minimum Gasteiger partial charge on any atom is -0.453 e. The van der Waals surface area contributed by atoms with Crippen molar-refractivity contribution in [3.8, 4) is 0 Å². The average molecular weight is 458 g/mol. The number of cyclic esters (lactones) is 1. The summed E-state index contributed by atoms with van der Waals surface area (Å²) in [5.41, 5.74) is 2.68. The van der Waals surface area contributed by atoms with E-state index in [4.69, 9.17) is 9.47 Å². The molecule has 0 radical (unpaired) electrons. The van der Waals surface area contributed by atoms with E-state index in [0.717, 1.165) is 21.6 Å². The van der Waals surface area contributed by atoms with Gasteiger partial charge in [0, 0.05) is 5.92 Å². The summed E-state index contributed by atoms with van der Waals surface area (Å²) in [6, 6.07) is 28.1. The Bertz CT molecular complexity index is 1080. The molecule has 174 valence electrons. The fraction of sp³-hybridized carbons (Fsp3) is 0.250. The molecule has 6 nitrogen and oxygen atoms in total. The van der Waals surface area contributed by atoms with Crippen molar-refractivity contribution in [3.63, 3.8) is 0 Å². The number of carbonyl (C=O) groups excluding carboxylic acids is 3. The molecule has 34 heavy (non-hydrogen) atoms. The molecule has 3 aromatic rings. The Morgan fingerprint density at radius 2 is 1.44 bits per heavy atom. The van der Waals surface area contributed by atoms with E-state index in [-0.39, 0.29) is 13.0 Å². The second-order valence-corrected chi connectivity index (χ2v) is 8.43. The number of imide groups is 1. The van der Waals surface area contributed by atoms with Gasteiger partial charge in [0.2, 0.25) is 5.91 Å². The fourth-order valence-corrected chi connectivity index (χ4v) is 4.11. The molecule has 0 spiro atoms.